The lowest BCUT2D eigenvalue weighted by Gasteiger charge is -1.96. The minimum Gasteiger partial charge on any atom is -0.330 e. The summed E-state index contributed by atoms with van der Waals surface area (Å²) in [5.41, 5.74) is 5.46. The molecule has 2 N–H and O–H groups in total. The lowest BCUT2D eigenvalue weighted by molar-refractivity contribution is 0.654. The van der Waals surface area contributed by atoms with E-state index in [1.165, 1.54) is 23.1 Å². The quantitative estimate of drug-likeness (QED) is 0.610. The van der Waals surface area contributed by atoms with Crippen molar-refractivity contribution in [2.45, 2.75) is 30.0 Å². The van der Waals surface area contributed by atoms with Crippen LogP contribution in [-0.2, 0) is 6.42 Å². The Morgan fingerprint density at radius 2 is 2.22 bits per heavy atom. The highest BCUT2D eigenvalue weighted by molar-refractivity contribution is 8.01. The topological polar surface area (TPSA) is 92.9 Å². The van der Waals surface area contributed by atoms with Crippen molar-refractivity contribution in [3.63, 3.8) is 0 Å². The van der Waals surface area contributed by atoms with E-state index < -0.39 is 0 Å². The maximum absolute atomic E-state index is 8.54. The van der Waals surface area contributed by atoms with Gasteiger partial charge in [-0.2, -0.15) is 9.78 Å². The standard InChI is InChI=1S/C10H14N6S2/c11-5-3-1-2-4-8-13-14-9-16(8)15-10(18-9)17-7-6-12/h1-5,7,11H2. The normalized spacial score (nSPS) is 10.9. The van der Waals surface area contributed by atoms with Gasteiger partial charge in [-0.15, -0.1) is 15.3 Å². The van der Waals surface area contributed by atoms with E-state index in [1.807, 2.05) is 0 Å². The summed E-state index contributed by atoms with van der Waals surface area (Å²) in [6, 6.07) is 2.09. The zero-order chi connectivity index (χ0) is 12.8. The number of aryl methyl sites for hydroxylation is 1. The second-order valence-corrected chi connectivity index (χ2v) is 5.90. The SMILES string of the molecule is N#CCSc1nn2c(CCCCCN)nnc2s1. The monoisotopic (exact) mass is 282 g/mol. The van der Waals surface area contributed by atoms with Crippen LogP contribution in [0.2, 0.25) is 0 Å². The molecule has 0 aliphatic heterocycles. The van der Waals surface area contributed by atoms with Crippen molar-refractivity contribution in [3.05, 3.63) is 5.82 Å². The molecule has 0 spiro atoms. The van der Waals surface area contributed by atoms with Crippen LogP contribution >= 0.6 is 23.1 Å². The van der Waals surface area contributed by atoms with Crippen LogP contribution in [0.5, 0.6) is 0 Å². The number of thioether (sulfide) groups is 1. The predicted molar refractivity (Wildman–Crippen MR) is 71.6 cm³/mol. The Kier molecular flexibility index (Phi) is 4.92. The van der Waals surface area contributed by atoms with E-state index in [4.69, 9.17) is 11.0 Å². The third-order valence-electron chi connectivity index (χ3n) is 2.40. The van der Waals surface area contributed by atoms with Crippen molar-refractivity contribution in [2.75, 3.05) is 12.3 Å². The van der Waals surface area contributed by atoms with Crippen LogP contribution in [0.15, 0.2) is 4.34 Å². The fourth-order valence-corrected chi connectivity index (χ4v) is 3.11. The number of nitrogens with two attached hydrogens (primary N) is 1. The fourth-order valence-electron chi connectivity index (χ4n) is 1.55. The molecule has 18 heavy (non-hydrogen) atoms. The van der Waals surface area contributed by atoms with Crippen LogP contribution in [0.3, 0.4) is 0 Å². The summed E-state index contributed by atoms with van der Waals surface area (Å²) in [6.45, 7) is 0.737. The first-order chi connectivity index (χ1) is 8.85. The van der Waals surface area contributed by atoms with Crippen molar-refractivity contribution >= 4 is 28.1 Å². The van der Waals surface area contributed by atoms with Crippen LogP contribution in [-0.4, -0.2) is 32.1 Å². The van der Waals surface area contributed by atoms with Gasteiger partial charge in [0.05, 0.1) is 11.8 Å². The Morgan fingerprint density at radius 1 is 1.33 bits per heavy atom. The summed E-state index contributed by atoms with van der Waals surface area (Å²) >= 11 is 2.90. The Balaban J connectivity index is 2.00. The van der Waals surface area contributed by atoms with Gasteiger partial charge in [0, 0.05) is 6.42 Å². The molecule has 0 aliphatic rings. The molecule has 0 fully saturated rings. The summed E-state index contributed by atoms with van der Waals surface area (Å²) in [6.07, 6.45) is 4.07. The molecule has 0 atom stereocenters. The fraction of sp³-hybridized carbons (Fsp3) is 0.600. The summed E-state index contributed by atoms with van der Waals surface area (Å²) in [5.74, 6) is 1.30. The van der Waals surface area contributed by atoms with E-state index in [0.29, 0.717) is 5.75 Å². The molecule has 0 saturated heterocycles. The lowest BCUT2D eigenvalue weighted by atomic mass is 10.2. The Bertz CT molecular complexity index is 540. The number of hydrogen-bond donors (Lipinski definition) is 1. The third kappa shape index (κ3) is 3.19. The zero-order valence-corrected chi connectivity index (χ0v) is 11.5. The average molecular weight is 282 g/mol. The van der Waals surface area contributed by atoms with E-state index in [-0.39, 0.29) is 0 Å². The molecule has 0 amide bonds. The number of fused-ring (bicyclic) bond motifs is 1. The number of hydrogen-bond acceptors (Lipinski definition) is 7. The molecule has 6 nitrogen and oxygen atoms in total. The molecule has 96 valence electrons. The predicted octanol–water partition coefficient (Wildman–Crippen LogP) is 1.47. The Morgan fingerprint density at radius 3 is 3.00 bits per heavy atom. The molecule has 2 aromatic rings. The molecular formula is C10H14N6S2. The van der Waals surface area contributed by atoms with E-state index in [9.17, 15) is 0 Å². The summed E-state index contributed by atoms with van der Waals surface area (Å²) in [4.78, 5) is 0.796. The molecular weight excluding hydrogens is 268 g/mol. The Hall–Kier alpha value is -1.17. The largest absolute Gasteiger partial charge is 0.330 e. The van der Waals surface area contributed by atoms with Gasteiger partial charge in [-0.05, 0) is 19.4 Å². The minimum atomic E-state index is 0.413. The molecule has 0 aromatic carbocycles. The number of aromatic nitrogens is 4. The number of unbranched alkanes of at least 4 members (excludes halogenated alkanes) is 2. The summed E-state index contributed by atoms with van der Waals surface area (Å²) in [7, 11) is 0. The van der Waals surface area contributed by atoms with Gasteiger partial charge in [-0.1, -0.05) is 29.5 Å². The second-order valence-electron chi connectivity index (χ2n) is 3.72. The molecule has 0 aliphatic carbocycles. The first-order valence-electron chi connectivity index (χ1n) is 5.76. The van der Waals surface area contributed by atoms with Gasteiger partial charge in [0.2, 0.25) is 4.96 Å². The van der Waals surface area contributed by atoms with E-state index in [1.54, 1.807) is 4.52 Å². The van der Waals surface area contributed by atoms with Crippen molar-refractivity contribution in [1.82, 2.24) is 19.8 Å². The Labute approximate surface area is 113 Å². The highest BCUT2D eigenvalue weighted by atomic mass is 32.2. The average Bonchev–Trinajstić information content (AvgIpc) is 2.93. The molecule has 0 radical (unpaired) electrons. The van der Waals surface area contributed by atoms with Crippen LogP contribution in [0.1, 0.15) is 25.1 Å². The molecule has 8 heteroatoms. The highest BCUT2D eigenvalue weighted by Crippen LogP contribution is 2.24. The molecule has 0 unspecified atom stereocenters. The first kappa shape index (κ1) is 13.3. The minimum absolute atomic E-state index is 0.413. The second kappa shape index (κ2) is 6.68. The first-order valence-corrected chi connectivity index (χ1v) is 7.56. The smallest absolute Gasteiger partial charge is 0.235 e. The summed E-state index contributed by atoms with van der Waals surface area (Å²) < 4.78 is 2.65. The lowest BCUT2D eigenvalue weighted by Crippen LogP contribution is -2.00. The van der Waals surface area contributed by atoms with Gasteiger partial charge < -0.3 is 5.73 Å². The maximum Gasteiger partial charge on any atom is 0.235 e. The number of nitrogens with zero attached hydrogens (tertiary/aromatic N) is 5. The molecule has 2 rings (SSSR count). The number of nitriles is 1. The zero-order valence-electron chi connectivity index (χ0n) is 9.87. The molecule has 0 saturated carbocycles. The van der Waals surface area contributed by atoms with Crippen LogP contribution in [0.4, 0.5) is 0 Å². The van der Waals surface area contributed by atoms with Crippen LogP contribution < -0.4 is 5.73 Å². The van der Waals surface area contributed by atoms with Gasteiger partial charge >= 0.3 is 0 Å². The van der Waals surface area contributed by atoms with Gasteiger partial charge in [0.25, 0.3) is 0 Å². The van der Waals surface area contributed by atoms with Gasteiger partial charge in [-0.3, -0.25) is 0 Å². The highest BCUT2D eigenvalue weighted by Gasteiger charge is 2.11. The van der Waals surface area contributed by atoms with Gasteiger partial charge in [0.15, 0.2) is 10.2 Å². The molecule has 0 bridgehead atoms. The van der Waals surface area contributed by atoms with Gasteiger partial charge in [0.1, 0.15) is 0 Å². The summed E-state index contributed by atoms with van der Waals surface area (Å²) in [5, 5.41) is 21.2. The van der Waals surface area contributed by atoms with Crippen LogP contribution in [0, 0.1) is 11.3 Å². The van der Waals surface area contributed by atoms with E-state index >= 15 is 0 Å². The third-order valence-corrected chi connectivity index (χ3v) is 4.30. The van der Waals surface area contributed by atoms with Crippen molar-refractivity contribution < 1.29 is 0 Å². The van der Waals surface area contributed by atoms with Crippen LogP contribution in [0.25, 0.3) is 4.96 Å². The van der Waals surface area contributed by atoms with Crippen molar-refractivity contribution in [2.24, 2.45) is 5.73 Å². The van der Waals surface area contributed by atoms with E-state index in [2.05, 4.69) is 21.4 Å². The molecule has 2 aromatic heterocycles. The van der Waals surface area contributed by atoms with E-state index in [0.717, 1.165) is 47.4 Å². The van der Waals surface area contributed by atoms with Crippen molar-refractivity contribution in [1.29, 1.82) is 5.26 Å². The van der Waals surface area contributed by atoms with Crippen molar-refractivity contribution in [3.8, 4) is 6.07 Å². The maximum atomic E-state index is 8.54. The van der Waals surface area contributed by atoms with Gasteiger partial charge in [-0.25, -0.2) is 0 Å². The molecule has 2 heterocycles. The number of rotatable bonds is 7.